The number of hydrogen-bond acceptors (Lipinski definition) is 21. The summed E-state index contributed by atoms with van der Waals surface area (Å²) in [6.07, 6.45) is 4.28. The number of anilines is 1. The van der Waals surface area contributed by atoms with E-state index in [9.17, 15) is 44.4 Å². The quantitative estimate of drug-likeness (QED) is 0.0218. The summed E-state index contributed by atoms with van der Waals surface area (Å²) in [5.41, 5.74) is 8.59. The van der Waals surface area contributed by atoms with Gasteiger partial charge in [-0.15, -0.1) is 40.4 Å². The number of thioether (sulfide) groups is 2. The van der Waals surface area contributed by atoms with E-state index >= 15 is 0 Å². The molecule has 1 fully saturated rings. The molecule has 0 bridgehead atoms. The third-order valence-corrected chi connectivity index (χ3v) is 11.3. The molecule has 298 valence electrons. The van der Waals surface area contributed by atoms with Crippen molar-refractivity contribution in [3.05, 3.63) is 91.6 Å². The van der Waals surface area contributed by atoms with Crippen molar-refractivity contribution in [1.82, 2.24) is 40.7 Å². The number of carbonyl (C=O) groups is 4. The van der Waals surface area contributed by atoms with E-state index in [-0.39, 0.29) is 88.6 Å². The second-order valence-corrected chi connectivity index (χ2v) is 15.1. The number of fused-ring (bicyclic) bond motifs is 2. The number of hydrogen-bond donors (Lipinski definition) is 8. The number of amides is 2. The van der Waals surface area contributed by atoms with Crippen LogP contribution in [0.15, 0.2) is 79.1 Å². The van der Waals surface area contributed by atoms with Crippen LogP contribution in [-0.4, -0.2) is 115 Å². The third-order valence-electron chi connectivity index (χ3n) is 8.22. The molecular formula is C32H30N11NaO11S3. The molecule has 0 spiro atoms. The molecule has 0 aliphatic carbocycles. The Labute approximate surface area is 361 Å². The van der Waals surface area contributed by atoms with Crippen molar-refractivity contribution in [2.45, 2.75) is 24.9 Å². The zero-order chi connectivity index (χ0) is 40.5. The number of aliphatic imine (C=N–C) groups is 1. The largest absolute Gasteiger partial charge is 1.00 e. The molecular weight excluding hydrogens is 834 g/mol. The normalized spacial score (nSPS) is 18.6. The molecule has 2 aromatic heterocycles. The Morgan fingerprint density at radius 1 is 1.19 bits per heavy atom. The van der Waals surface area contributed by atoms with Gasteiger partial charge < -0.3 is 47.5 Å². The number of oxime groups is 1. The van der Waals surface area contributed by atoms with E-state index in [4.69, 9.17) is 15.3 Å². The molecule has 22 nitrogen and oxygen atoms in total. The molecule has 0 radical (unpaired) electrons. The van der Waals surface area contributed by atoms with Crippen LogP contribution < -0.4 is 51.7 Å². The van der Waals surface area contributed by atoms with E-state index < -0.39 is 58.8 Å². The van der Waals surface area contributed by atoms with Gasteiger partial charge in [0, 0.05) is 22.6 Å². The number of nitrogen functional groups attached to an aromatic ring is 1. The van der Waals surface area contributed by atoms with Crippen LogP contribution in [0.3, 0.4) is 0 Å². The zero-order valence-electron chi connectivity index (χ0n) is 31.1. The fraction of sp³-hybridized carbons (Fsp3) is 0.219. The topological polar surface area (TPSA) is 311 Å². The number of aromatic amines is 1. The fourth-order valence-electron chi connectivity index (χ4n) is 5.56. The van der Waals surface area contributed by atoms with Gasteiger partial charge in [-0.2, -0.15) is 0 Å². The molecule has 4 aliphatic rings. The molecule has 2 amide bonds. The number of phenolic OH excluding ortho intramolecular Hbond substituents is 2. The number of nitrogens with one attached hydrogen (secondary N) is 3. The van der Waals surface area contributed by atoms with Crippen molar-refractivity contribution in [3.8, 4) is 17.2 Å². The number of carbonyl (C=O) groups excluding carboxylic acids is 3. The monoisotopic (exact) mass is 863 g/mol. The van der Waals surface area contributed by atoms with E-state index in [1.165, 1.54) is 40.0 Å². The molecule has 1 saturated heterocycles. The van der Waals surface area contributed by atoms with Crippen LogP contribution in [0.2, 0.25) is 0 Å². The first kappa shape index (κ1) is 42.0. The first-order valence-electron chi connectivity index (χ1n) is 16.3. The van der Waals surface area contributed by atoms with Crippen LogP contribution in [0, 0.1) is 0 Å². The minimum absolute atomic E-state index is 0. The van der Waals surface area contributed by atoms with Crippen molar-refractivity contribution < 1.29 is 80.2 Å². The number of rotatable bonds is 13. The number of ether oxygens (including phenoxy) is 1. The van der Waals surface area contributed by atoms with Crippen LogP contribution in [0.4, 0.5) is 5.13 Å². The summed E-state index contributed by atoms with van der Waals surface area (Å²) in [5, 5.41) is 49.8. The molecule has 3 aromatic rings. The molecule has 1 aromatic carbocycles. The third kappa shape index (κ3) is 8.79. The summed E-state index contributed by atoms with van der Waals surface area (Å²) in [6.45, 7) is 1.12. The average Bonchev–Trinajstić information content (AvgIpc) is 3.80. The number of nitrogens with two attached hydrogens (primary N) is 1. The Hall–Kier alpha value is -5.57. The van der Waals surface area contributed by atoms with Gasteiger partial charge in [0.15, 0.2) is 47.3 Å². The summed E-state index contributed by atoms with van der Waals surface area (Å²) < 4.78 is 5.33. The van der Waals surface area contributed by atoms with Crippen molar-refractivity contribution in [1.29, 1.82) is 0 Å². The number of aliphatic carboxylic acids is 1. The van der Waals surface area contributed by atoms with Gasteiger partial charge in [0.05, 0.1) is 23.0 Å². The minimum Gasteiger partial charge on any atom is -1.00 e. The number of carboxylic acids is 1. The Kier molecular flexibility index (Phi) is 12.7. The summed E-state index contributed by atoms with van der Waals surface area (Å²) in [6, 6.07) is 2.42. The summed E-state index contributed by atoms with van der Waals surface area (Å²) in [5.74, 6) is -4.23. The maximum absolute atomic E-state index is 13.5. The Balaban J connectivity index is 0.00000331. The predicted molar refractivity (Wildman–Crippen MR) is 204 cm³/mol. The van der Waals surface area contributed by atoms with Gasteiger partial charge in [-0.1, -0.05) is 5.16 Å². The van der Waals surface area contributed by atoms with Crippen LogP contribution in [-0.2, 0) is 30.6 Å². The molecule has 2 atom stereocenters. The first-order chi connectivity index (χ1) is 27.3. The number of benzene rings is 1. The molecule has 6 heterocycles. The number of thiazole rings is 1. The molecule has 9 N–H and O–H groups in total. The average molecular weight is 864 g/mol. The van der Waals surface area contributed by atoms with Crippen LogP contribution in [0.5, 0.6) is 17.2 Å². The van der Waals surface area contributed by atoms with E-state index in [2.05, 4.69) is 36.0 Å². The number of hydrazine groups is 2. The summed E-state index contributed by atoms with van der Waals surface area (Å²) in [7, 11) is 0. The maximum Gasteiger partial charge on any atom is 1.00 e. The molecule has 4 aliphatic heterocycles. The van der Waals surface area contributed by atoms with Gasteiger partial charge in [0.1, 0.15) is 28.6 Å². The van der Waals surface area contributed by atoms with Gasteiger partial charge >= 0.3 is 41.5 Å². The van der Waals surface area contributed by atoms with Gasteiger partial charge in [0.25, 0.3) is 17.4 Å². The van der Waals surface area contributed by atoms with Crippen LogP contribution in [0.1, 0.15) is 30.2 Å². The van der Waals surface area contributed by atoms with E-state index in [1.54, 1.807) is 24.2 Å². The standard InChI is InChI=1S/C32H29N11O11S3.Na.H/c1-13-4-22(43-21(35-13)7-41(40-43)12-53-31(52)14-2-3-17(44)18(45)5-14)55-9-15-10-56-29-24(28(49)42(29)25(15)30(50)51)38-27(48)23(16-11-57-32(33)36-16)39-54-8-20-34-6-19(46)26(47)37-20;;/h2-7,11,24,29,40,44-46H,8-10,12H2,1H3,(H2,33,36)(H,38,48)(H,50,51)(H,34,37,47);;/q;+1;-1/t24-,29-;;/m1../s1. The van der Waals surface area contributed by atoms with Gasteiger partial charge in [-0.05, 0) is 36.8 Å². The smallest absolute Gasteiger partial charge is 1.00 e. The molecule has 0 unspecified atom stereocenters. The predicted octanol–water partition coefficient (Wildman–Crippen LogP) is -2.60. The Morgan fingerprint density at radius 3 is 2.69 bits per heavy atom. The Morgan fingerprint density at radius 2 is 1.98 bits per heavy atom. The number of aromatic nitrogens is 3. The number of phenols is 2. The van der Waals surface area contributed by atoms with Crippen molar-refractivity contribution >= 4 is 75.2 Å². The summed E-state index contributed by atoms with van der Waals surface area (Å²) >= 11 is 3.56. The minimum atomic E-state index is -1.33. The van der Waals surface area contributed by atoms with E-state index in [0.717, 1.165) is 34.6 Å². The van der Waals surface area contributed by atoms with Gasteiger partial charge in [-0.25, -0.2) is 29.6 Å². The number of carboxylic acid groups (broad SMARTS) is 1. The van der Waals surface area contributed by atoms with Gasteiger partial charge in [0.2, 0.25) is 0 Å². The molecule has 58 heavy (non-hydrogen) atoms. The Bertz CT molecular complexity index is 2420. The van der Waals surface area contributed by atoms with Crippen molar-refractivity contribution in [3.63, 3.8) is 0 Å². The SMILES string of the molecule is CC1=NC2=CN(COC(=O)c3ccc(O)c(O)c3)NN2C(SCC2=C(C(=O)O)N3C(=O)[C@@H](NC(=O)C(=NOCc4ncc(O)c(=O)[nH]4)c4csc(N)n4)[C@H]3SC2)=C1.[H-].[Na+]. The number of esters is 1. The number of allylic oxidation sites excluding steroid dienone is 1. The number of H-pyrrole nitrogens is 1. The molecule has 26 heteroatoms. The van der Waals surface area contributed by atoms with Crippen molar-refractivity contribution in [2.75, 3.05) is 24.0 Å². The van der Waals surface area contributed by atoms with E-state index in [0.29, 0.717) is 22.1 Å². The fourth-order valence-corrected chi connectivity index (χ4v) is 8.66. The van der Waals surface area contributed by atoms with Crippen molar-refractivity contribution in [2.24, 2.45) is 10.1 Å². The maximum atomic E-state index is 13.5. The van der Waals surface area contributed by atoms with Crippen LogP contribution in [0.25, 0.3) is 0 Å². The zero-order valence-corrected chi connectivity index (χ0v) is 34.6. The first-order valence-corrected chi connectivity index (χ1v) is 19.2. The molecule has 7 rings (SSSR count). The number of aromatic hydroxyl groups is 3. The second-order valence-electron chi connectivity index (χ2n) is 12.1. The number of nitrogens with zero attached hydrogens (tertiary/aromatic N) is 7. The molecule has 0 saturated carbocycles. The van der Waals surface area contributed by atoms with E-state index in [1.807, 2.05) is 0 Å². The van der Waals surface area contributed by atoms with Crippen LogP contribution >= 0.6 is 34.9 Å². The number of β-lactam (4-membered cyclic amide) rings is 1. The van der Waals surface area contributed by atoms with Gasteiger partial charge in [-0.3, -0.25) is 24.3 Å². The summed E-state index contributed by atoms with van der Waals surface area (Å²) in [4.78, 5) is 84.8. The second kappa shape index (κ2) is 17.5.